The quantitative estimate of drug-likeness (QED) is 0.793. The monoisotopic (exact) mass is 358 g/mol. The molecule has 0 aliphatic carbocycles. The van der Waals surface area contributed by atoms with Crippen LogP contribution in [0, 0.1) is 0 Å². The maximum absolute atomic E-state index is 12.3. The highest BCUT2D eigenvalue weighted by molar-refractivity contribution is 7.80. The number of carbonyl (C=O) groups is 1. The molecule has 2 aromatic rings. The lowest BCUT2D eigenvalue weighted by Gasteiger charge is -2.13. The summed E-state index contributed by atoms with van der Waals surface area (Å²) >= 11 is 5.21. The van der Waals surface area contributed by atoms with E-state index in [1.807, 2.05) is 12.1 Å². The Morgan fingerprint density at radius 2 is 1.64 bits per heavy atom. The molecule has 0 saturated heterocycles. The van der Waals surface area contributed by atoms with Gasteiger partial charge >= 0.3 is 0 Å². The molecule has 0 saturated carbocycles. The van der Waals surface area contributed by atoms with Gasteiger partial charge in [-0.2, -0.15) is 0 Å². The van der Waals surface area contributed by atoms with Crippen LogP contribution in [0.3, 0.4) is 0 Å². The Kier molecular flexibility index (Phi) is 6.36. The van der Waals surface area contributed by atoms with E-state index in [9.17, 15) is 4.79 Å². The number of carbonyl (C=O) groups excluding carboxylic acids is 1. The number of ether oxygens (including phenoxy) is 2. The van der Waals surface area contributed by atoms with Crippen molar-refractivity contribution in [3.05, 3.63) is 53.6 Å². The maximum Gasteiger partial charge on any atom is 0.257 e. The van der Waals surface area contributed by atoms with Crippen molar-refractivity contribution in [2.45, 2.75) is 19.8 Å². The Labute approximate surface area is 153 Å². The van der Waals surface area contributed by atoms with Crippen LogP contribution in [0.25, 0.3) is 0 Å². The van der Waals surface area contributed by atoms with Gasteiger partial charge in [0.1, 0.15) is 0 Å². The molecule has 132 valence electrons. The number of anilines is 1. The van der Waals surface area contributed by atoms with E-state index < -0.39 is 0 Å². The van der Waals surface area contributed by atoms with Crippen LogP contribution in [0.5, 0.6) is 11.5 Å². The number of benzene rings is 2. The third-order valence-electron chi connectivity index (χ3n) is 3.71. The minimum Gasteiger partial charge on any atom is -0.493 e. The number of nitrogens with one attached hydrogen (secondary N) is 2. The number of hydrogen-bond acceptors (Lipinski definition) is 4. The van der Waals surface area contributed by atoms with E-state index in [-0.39, 0.29) is 11.0 Å². The molecule has 2 aromatic carbocycles. The van der Waals surface area contributed by atoms with Crippen molar-refractivity contribution in [2.75, 3.05) is 19.5 Å². The Hall–Kier alpha value is -2.60. The molecule has 2 rings (SSSR count). The molecule has 0 fully saturated rings. The highest BCUT2D eigenvalue weighted by Crippen LogP contribution is 2.29. The summed E-state index contributed by atoms with van der Waals surface area (Å²) in [5, 5.41) is 5.84. The van der Waals surface area contributed by atoms with Gasteiger partial charge in [0.25, 0.3) is 5.91 Å². The van der Waals surface area contributed by atoms with E-state index in [1.54, 1.807) is 44.6 Å². The third-order valence-corrected chi connectivity index (χ3v) is 3.91. The Balaban J connectivity index is 2.01. The van der Waals surface area contributed by atoms with E-state index in [0.29, 0.717) is 28.7 Å². The zero-order valence-electron chi connectivity index (χ0n) is 14.8. The first-order valence-electron chi connectivity index (χ1n) is 7.89. The van der Waals surface area contributed by atoms with E-state index in [2.05, 4.69) is 24.5 Å². The van der Waals surface area contributed by atoms with Crippen molar-refractivity contribution in [1.29, 1.82) is 0 Å². The second-order valence-corrected chi connectivity index (χ2v) is 6.16. The van der Waals surface area contributed by atoms with Crippen LogP contribution in [-0.4, -0.2) is 25.2 Å². The molecular formula is C19H22N2O3S. The fraction of sp³-hybridized carbons (Fsp3) is 0.263. The molecule has 6 heteroatoms. The van der Waals surface area contributed by atoms with E-state index >= 15 is 0 Å². The number of hydrogen-bond donors (Lipinski definition) is 2. The van der Waals surface area contributed by atoms with Crippen molar-refractivity contribution in [1.82, 2.24) is 5.32 Å². The predicted molar refractivity (Wildman–Crippen MR) is 104 cm³/mol. The highest BCUT2D eigenvalue weighted by atomic mass is 32.1. The van der Waals surface area contributed by atoms with Gasteiger partial charge in [0.2, 0.25) is 0 Å². The van der Waals surface area contributed by atoms with Crippen LogP contribution in [0.2, 0.25) is 0 Å². The fourth-order valence-corrected chi connectivity index (χ4v) is 2.48. The summed E-state index contributed by atoms with van der Waals surface area (Å²) in [5.41, 5.74) is 2.43. The molecule has 0 heterocycles. The lowest BCUT2D eigenvalue weighted by atomic mass is 10.0. The van der Waals surface area contributed by atoms with Crippen LogP contribution in [0.1, 0.15) is 35.7 Å². The molecule has 1 amide bonds. The minimum atomic E-state index is -0.256. The van der Waals surface area contributed by atoms with Crippen molar-refractivity contribution in [3.8, 4) is 11.5 Å². The zero-order valence-corrected chi connectivity index (χ0v) is 15.6. The molecule has 0 atom stereocenters. The lowest BCUT2D eigenvalue weighted by molar-refractivity contribution is 0.0977. The zero-order chi connectivity index (χ0) is 18.4. The molecular weight excluding hydrogens is 336 g/mol. The summed E-state index contributed by atoms with van der Waals surface area (Å²) < 4.78 is 10.4. The Morgan fingerprint density at radius 1 is 1.00 bits per heavy atom. The maximum atomic E-state index is 12.3. The molecule has 5 nitrogen and oxygen atoms in total. The lowest BCUT2D eigenvalue weighted by Crippen LogP contribution is -2.34. The van der Waals surface area contributed by atoms with E-state index in [0.717, 1.165) is 0 Å². The van der Waals surface area contributed by atoms with Gasteiger partial charge in [-0.25, -0.2) is 0 Å². The first-order valence-corrected chi connectivity index (χ1v) is 8.29. The van der Waals surface area contributed by atoms with Gasteiger partial charge in [-0.1, -0.05) is 26.0 Å². The van der Waals surface area contributed by atoms with Crippen molar-refractivity contribution >= 4 is 28.9 Å². The third kappa shape index (κ3) is 4.93. The fourth-order valence-electron chi connectivity index (χ4n) is 2.27. The van der Waals surface area contributed by atoms with Gasteiger partial charge in [0.05, 0.1) is 14.2 Å². The van der Waals surface area contributed by atoms with Gasteiger partial charge in [-0.3, -0.25) is 10.1 Å². The average molecular weight is 358 g/mol. The van der Waals surface area contributed by atoms with Crippen LogP contribution >= 0.6 is 12.2 Å². The number of rotatable bonds is 5. The van der Waals surface area contributed by atoms with E-state index in [4.69, 9.17) is 21.7 Å². The summed E-state index contributed by atoms with van der Waals surface area (Å²) in [5.74, 6) is 1.36. The van der Waals surface area contributed by atoms with Gasteiger partial charge in [-0.15, -0.1) is 0 Å². The topological polar surface area (TPSA) is 59.6 Å². The SMILES string of the molecule is COc1ccc(NC(=S)NC(=O)c2ccc(C(C)C)cc2)cc1OC. The number of amides is 1. The molecule has 0 spiro atoms. The summed E-state index contributed by atoms with van der Waals surface area (Å²) in [4.78, 5) is 12.3. The summed E-state index contributed by atoms with van der Waals surface area (Å²) in [6.45, 7) is 4.22. The van der Waals surface area contributed by atoms with Gasteiger partial charge in [-0.05, 0) is 48.0 Å². The molecule has 0 bridgehead atoms. The summed E-state index contributed by atoms with van der Waals surface area (Å²) in [6.07, 6.45) is 0. The summed E-state index contributed by atoms with van der Waals surface area (Å²) in [6, 6.07) is 12.8. The van der Waals surface area contributed by atoms with Gasteiger partial charge in [0, 0.05) is 17.3 Å². The van der Waals surface area contributed by atoms with E-state index in [1.165, 1.54) is 5.56 Å². The molecule has 0 aromatic heterocycles. The predicted octanol–water partition coefficient (Wildman–Crippen LogP) is 3.95. The average Bonchev–Trinajstić information content (AvgIpc) is 2.61. The first kappa shape index (κ1) is 18.7. The molecule has 2 N–H and O–H groups in total. The summed E-state index contributed by atoms with van der Waals surface area (Å²) in [7, 11) is 3.13. The highest BCUT2D eigenvalue weighted by Gasteiger charge is 2.10. The molecule has 0 aliphatic rings. The second kappa shape index (κ2) is 8.48. The molecule has 0 radical (unpaired) electrons. The second-order valence-electron chi connectivity index (χ2n) is 5.75. The molecule has 0 unspecified atom stereocenters. The number of methoxy groups -OCH3 is 2. The van der Waals surface area contributed by atoms with Crippen LogP contribution in [0.4, 0.5) is 5.69 Å². The van der Waals surface area contributed by atoms with Crippen molar-refractivity contribution in [3.63, 3.8) is 0 Å². The van der Waals surface area contributed by atoms with Gasteiger partial charge in [0.15, 0.2) is 16.6 Å². The molecule has 25 heavy (non-hydrogen) atoms. The normalized spacial score (nSPS) is 10.3. The number of thiocarbonyl (C=S) groups is 1. The standard InChI is InChI=1S/C19H22N2O3S/c1-12(2)13-5-7-14(8-6-13)18(22)21-19(25)20-15-9-10-16(23-3)17(11-15)24-4/h5-12H,1-4H3,(H2,20,21,22,25). The van der Waals surface area contributed by atoms with Crippen LogP contribution < -0.4 is 20.1 Å². The first-order chi connectivity index (χ1) is 11.9. The largest absolute Gasteiger partial charge is 0.493 e. The smallest absolute Gasteiger partial charge is 0.257 e. The Bertz CT molecular complexity index is 758. The van der Waals surface area contributed by atoms with Crippen molar-refractivity contribution < 1.29 is 14.3 Å². The van der Waals surface area contributed by atoms with Crippen LogP contribution in [-0.2, 0) is 0 Å². The molecule has 0 aliphatic heterocycles. The van der Waals surface area contributed by atoms with Gasteiger partial charge < -0.3 is 14.8 Å². The van der Waals surface area contributed by atoms with Crippen molar-refractivity contribution in [2.24, 2.45) is 0 Å². The van der Waals surface area contributed by atoms with Crippen LogP contribution in [0.15, 0.2) is 42.5 Å². The minimum absolute atomic E-state index is 0.213. The Morgan fingerprint density at radius 3 is 2.20 bits per heavy atom.